The molecule has 1 aliphatic heterocycles. The molecule has 5 heteroatoms. The van der Waals surface area contributed by atoms with Gasteiger partial charge in [0.2, 0.25) is 0 Å². The van der Waals surface area contributed by atoms with Gasteiger partial charge in [0.15, 0.2) is 0 Å². The normalized spacial score (nSPS) is 20.5. The van der Waals surface area contributed by atoms with Crippen LogP contribution >= 0.6 is 34.5 Å². The van der Waals surface area contributed by atoms with E-state index in [2.05, 4.69) is 47.8 Å². The SMILES string of the molecule is Cc1noc(C)c1C1=CCC(C)C=C(I(C)I)N=C1. The first kappa shape index (κ1) is 15.2. The average molecular weight is 484 g/mol. The van der Waals surface area contributed by atoms with Crippen molar-refractivity contribution in [1.82, 2.24) is 5.16 Å². The van der Waals surface area contributed by atoms with Gasteiger partial charge in [-0.05, 0) is 0 Å². The van der Waals surface area contributed by atoms with Crippen molar-refractivity contribution in [2.24, 2.45) is 10.9 Å². The van der Waals surface area contributed by atoms with Crippen molar-refractivity contribution >= 4 is 46.2 Å². The molecule has 0 bridgehead atoms. The Morgan fingerprint density at radius 1 is 1.42 bits per heavy atom. The first-order valence-corrected chi connectivity index (χ1v) is 15.7. The molecule has 1 unspecified atom stereocenters. The molecule has 0 saturated carbocycles. The van der Waals surface area contributed by atoms with E-state index >= 15 is 0 Å². The summed E-state index contributed by atoms with van der Waals surface area (Å²) in [6, 6.07) is 0. The molecule has 0 fully saturated rings. The van der Waals surface area contributed by atoms with Crippen molar-refractivity contribution in [1.29, 1.82) is 0 Å². The Kier molecular flexibility index (Phi) is 5.22. The van der Waals surface area contributed by atoms with Crippen LogP contribution in [-0.4, -0.2) is 16.3 Å². The molecular formula is C14H18I2N2O. The van der Waals surface area contributed by atoms with Crippen molar-refractivity contribution in [3.63, 3.8) is 0 Å². The number of halogens is 2. The van der Waals surface area contributed by atoms with Gasteiger partial charge < -0.3 is 0 Å². The van der Waals surface area contributed by atoms with Crippen LogP contribution in [-0.2, 0) is 0 Å². The molecule has 1 aliphatic rings. The molecule has 2 heterocycles. The second kappa shape index (κ2) is 6.51. The molecule has 1 aromatic heterocycles. The fourth-order valence-corrected chi connectivity index (χ4v) is 5.31. The van der Waals surface area contributed by atoms with Gasteiger partial charge in [0, 0.05) is 0 Å². The Balaban J connectivity index is 2.41. The summed E-state index contributed by atoms with van der Waals surface area (Å²) in [7, 11) is 0. The summed E-state index contributed by atoms with van der Waals surface area (Å²) in [4.78, 5) is 7.03. The van der Waals surface area contributed by atoms with Crippen LogP contribution in [0.15, 0.2) is 25.4 Å². The Hall–Kier alpha value is -0.180. The van der Waals surface area contributed by atoms with E-state index in [0.29, 0.717) is 5.92 Å². The topological polar surface area (TPSA) is 38.4 Å². The summed E-state index contributed by atoms with van der Waals surface area (Å²) in [5.74, 6) is 1.41. The van der Waals surface area contributed by atoms with Crippen molar-refractivity contribution < 1.29 is 4.52 Å². The van der Waals surface area contributed by atoms with E-state index in [1.165, 1.54) is 3.70 Å². The molecule has 3 nitrogen and oxygen atoms in total. The van der Waals surface area contributed by atoms with Gasteiger partial charge in [-0.1, -0.05) is 0 Å². The standard InChI is InChI=1S/C14H18I2N2O/c1-9-5-6-12(8-17-13(7-9)16(4)15)14-10(2)18-19-11(14)3/h6-9H,5H2,1-4H3. The van der Waals surface area contributed by atoms with E-state index in [0.717, 1.165) is 29.0 Å². The summed E-state index contributed by atoms with van der Waals surface area (Å²) < 4.78 is 6.56. The first-order chi connectivity index (χ1) is 8.99. The van der Waals surface area contributed by atoms with Crippen LogP contribution in [0.25, 0.3) is 5.57 Å². The molecular weight excluding hydrogens is 466 g/mol. The number of hydrogen-bond acceptors (Lipinski definition) is 3. The van der Waals surface area contributed by atoms with Gasteiger partial charge in [0.25, 0.3) is 0 Å². The number of alkyl halides is 1. The number of aromatic nitrogens is 1. The molecule has 19 heavy (non-hydrogen) atoms. The number of nitrogens with zero attached hydrogens (tertiary/aromatic N) is 2. The molecule has 0 spiro atoms. The number of aliphatic imine (C=N–C) groups is 1. The minimum atomic E-state index is -1.07. The van der Waals surface area contributed by atoms with Gasteiger partial charge in [-0.2, -0.15) is 0 Å². The molecule has 1 atom stereocenters. The van der Waals surface area contributed by atoms with Crippen molar-refractivity contribution in [2.45, 2.75) is 27.2 Å². The molecule has 0 saturated heterocycles. The molecule has 104 valence electrons. The van der Waals surface area contributed by atoms with Crippen LogP contribution in [0, 0.1) is 19.8 Å². The fourth-order valence-electron chi connectivity index (χ4n) is 2.06. The molecule has 0 aliphatic carbocycles. The Labute approximate surface area is 131 Å². The van der Waals surface area contributed by atoms with Gasteiger partial charge >= 0.3 is 132 Å². The molecule has 0 radical (unpaired) electrons. The van der Waals surface area contributed by atoms with E-state index in [9.17, 15) is 0 Å². The number of allylic oxidation sites excluding steroid dienone is 3. The third kappa shape index (κ3) is 3.68. The second-order valence-corrected chi connectivity index (χ2v) is 16.3. The molecule has 1 aromatic rings. The van der Waals surface area contributed by atoms with Crippen molar-refractivity contribution in [3.05, 3.63) is 32.9 Å². The maximum absolute atomic E-state index is 5.26. The van der Waals surface area contributed by atoms with Gasteiger partial charge in [-0.3, -0.25) is 0 Å². The predicted octanol–water partition coefficient (Wildman–Crippen LogP) is 5.11. The Morgan fingerprint density at radius 3 is 2.74 bits per heavy atom. The van der Waals surface area contributed by atoms with Gasteiger partial charge in [-0.15, -0.1) is 0 Å². The van der Waals surface area contributed by atoms with E-state index in [4.69, 9.17) is 9.52 Å². The van der Waals surface area contributed by atoms with E-state index in [-0.39, 0.29) is 0 Å². The number of aryl methyl sites for hydroxylation is 2. The van der Waals surface area contributed by atoms with Crippen LogP contribution < -0.4 is 0 Å². The van der Waals surface area contributed by atoms with E-state index < -0.39 is 15.8 Å². The molecule has 0 aromatic carbocycles. The monoisotopic (exact) mass is 484 g/mol. The van der Waals surface area contributed by atoms with Crippen LogP contribution in [0.4, 0.5) is 0 Å². The van der Waals surface area contributed by atoms with Crippen molar-refractivity contribution in [2.75, 3.05) is 4.93 Å². The van der Waals surface area contributed by atoms with Crippen LogP contribution in [0.2, 0.25) is 0 Å². The Bertz CT molecular complexity index is 536. The van der Waals surface area contributed by atoms with Gasteiger partial charge in [0.1, 0.15) is 0 Å². The summed E-state index contributed by atoms with van der Waals surface area (Å²) >= 11 is 1.49. The first-order valence-electron chi connectivity index (χ1n) is 6.15. The fraction of sp³-hybridized carbons (Fsp3) is 0.429. The maximum atomic E-state index is 5.26. The second-order valence-electron chi connectivity index (χ2n) is 4.72. The van der Waals surface area contributed by atoms with Gasteiger partial charge in [0.05, 0.1) is 0 Å². The third-order valence-corrected chi connectivity index (χ3v) is 8.01. The zero-order valence-corrected chi connectivity index (χ0v) is 15.9. The summed E-state index contributed by atoms with van der Waals surface area (Å²) in [5.41, 5.74) is 3.18. The number of hydrogen-bond donors (Lipinski definition) is 0. The van der Waals surface area contributed by atoms with Crippen LogP contribution in [0.1, 0.15) is 30.4 Å². The number of rotatable bonds is 2. The minimum absolute atomic E-state index is 0.539. The van der Waals surface area contributed by atoms with Crippen LogP contribution in [0.5, 0.6) is 0 Å². The van der Waals surface area contributed by atoms with E-state index in [1.807, 2.05) is 20.1 Å². The van der Waals surface area contributed by atoms with E-state index in [1.54, 1.807) is 0 Å². The summed E-state index contributed by atoms with van der Waals surface area (Å²) in [6.07, 6.45) is 7.59. The average Bonchev–Trinajstić information content (AvgIpc) is 2.65. The predicted molar refractivity (Wildman–Crippen MR) is 98.3 cm³/mol. The van der Waals surface area contributed by atoms with Gasteiger partial charge in [-0.25, -0.2) is 0 Å². The summed E-state index contributed by atoms with van der Waals surface area (Å²) in [5, 5.41) is 4.03. The zero-order valence-electron chi connectivity index (χ0n) is 11.6. The molecule has 0 N–H and O–H groups in total. The zero-order chi connectivity index (χ0) is 14.0. The van der Waals surface area contributed by atoms with Crippen molar-refractivity contribution in [3.8, 4) is 0 Å². The van der Waals surface area contributed by atoms with Crippen LogP contribution in [0.3, 0.4) is 0 Å². The molecule has 2 rings (SSSR count). The molecule has 0 amide bonds. The quantitative estimate of drug-likeness (QED) is 0.333. The summed E-state index contributed by atoms with van der Waals surface area (Å²) in [6.45, 7) is 6.19. The third-order valence-electron chi connectivity index (χ3n) is 3.05. The Morgan fingerprint density at radius 2 is 2.16 bits per heavy atom.